The molecule has 0 spiro atoms. The van der Waals surface area contributed by atoms with Crippen LogP contribution in [-0.2, 0) is 6.61 Å². The number of hydrogen-bond acceptors (Lipinski definition) is 3. The summed E-state index contributed by atoms with van der Waals surface area (Å²) < 4.78 is 11.4. The van der Waals surface area contributed by atoms with Crippen LogP contribution in [0.1, 0.15) is 15.9 Å². The van der Waals surface area contributed by atoms with Gasteiger partial charge in [0.1, 0.15) is 24.7 Å². The van der Waals surface area contributed by atoms with Crippen molar-refractivity contribution in [3.63, 3.8) is 0 Å². The van der Waals surface area contributed by atoms with E-state index in [-0.39, 0.29) is 5.91 Å². The third-order valence-electron chi connectivity index (χ3n) is 3.84. The van der Waals surface area contributed by atoms with Gasteiger partial charge in [-0.1, -0.05) is 54.1 Å². The minimum absolute atomic E-state index is 0.196. The van der Waals surface area contributed by atoms with Crippen LogP contribution in [0.25, 0.3) is 0 Å². The monoisotopic (exact) mass is 381 g/mol. The van der Waals surface area contributed by atoms with Gasteiger partial charge in [0.25, 0.3) is 5.91 Å². The molecular weight excluding hydrogens is 362 g/mol. The lowest BCUT2D eigenvalue weighted by Crippen LogP contribution is -2.28. The number of rotatable bonds is 8. The van der Waals surface area contributed by atoms with Crippen molar-refractivity contribution >= 4 is 17.5 Å². The number of halogens is 1. The van der Waals surface area contributed by atoms with Crippen molar-refractivity contribution in [3.05, 3.63) is 95.0 Å². The standard InChI is InChI=1S/C22H20ClNO3/c23-18-10-12-19(13-11-18)26-15-14-24-22(25)20-8-4-5-9-21(20)27-16-17-6-2-1-3-7-17/h1-13H,14-16H2,(H,24,25). The predicted molar refractivity (Wildman–Crippen MR) is 106 cm³/mol. The zero-order valence-electron chi connectivity index (χ0n) is 14.7. The summed E-state index contributed by atoms with van der Waals surface area (Å²) >= 11 is 5.84. The second-order valence-corrected chi connectivity index (χ2v) is 6.27. The van der Waals surface area contributed by atoms with E-state index in [0.717, 1.165) is 5.56 Å². The molecule has 3 aromatic carbocycles. The number of carbonyl (C=O) groups excluding carboxylic acids is 1. The molecule has 4 nitrogen and oxygen atoms in total. The highest BCUT2D eigenvalue weighted by atomic mass is 35.5. The summed E-state index contributed by atoms with van der Waals surface area (Å²) in [6.07, 6.45) is 0. The summed E-state index contributed by atoms with van der Waals surface area (Å²) in [7, 11) is 0. The highest BCUT2D eigenvalue weighted by molar-refractivity contribution is 6.30. The van der Waals surface area contributed by atoms with Crippen LogP contribution in [0.5, 0.6) is 11.5 Å². The summed E-state index contributed by atoms with van der Waals surface area (Å²) in [6, 6.07) is 24.1. The normalized spacial score (nSPS) is 10.3. The summed E-state index contributed by atoms with van der Waals surface area (Å²) in [5.41, 5.74) is 1.55. The molecule has 3 aromatic rings. The first kappa shape index (κ1) is 18.8. The molecule has 0 heterocycles. The van der Waals surface area contributed by atoms with Gasteiger partial charge in [-0.15, -0.1) is 0 Å². The van der Waals surface area contributed by atoms with E-state index in [0.29, 0.717) is 41.8 Å². The van der Waals surface area contributed by atoms with Gasteiger partial charge in [0.05, 0.1) is 12.1 Å². The van der Waals surface area contributed by atoms with Gasteiger partial charge >= 0.3 is 0 Å². The maximum atomic E-state index is 12.5. The Balaban J connectivity index is 1.51. The smallest absolute Gasteiger partial charge is 0.255 e. The second kappa shape index (κ2) is 9.64. The third kappa shape index (κ3) is 5.76. The number of nitrogens with one attached hydrogen (secondary N) is 1. The van der Waals surface area contributed by atoms with Crippen molar-refractivity contribution in [1.82, 2.24) is 5.32 Å². The maximum Gasteiger partial charge on any atom is 0.255 e. The molecule has 0 aromatic heterocycles. The fourth-order valence-corrected chi connectivity index (χ4v) is 2.60. The van der Waals surface area contributed by atoms with Crippen molar-refractivity contribution in [1.29, 1.82) is 0 Å². The average Bonchev–Trinajstić information content (AvgIpc) is 2.72. The summed E-state index contributed by atoms with van der Waals surface area (Å²) in [4.78, 5) is 12.5. The predicted octanol–water partition coefficient (Wildman–Crippen LogP) is 4.73. The van der Waals surface area contributed by atoms with Crippen molar-refractivity contribution in [3.8, 4) is 11.5 Å². The molecule has 0 radical (unpaired) electrons. The fourth-order valence-electron chi connectivity index (χ4n) is 2.47. The second-order valence-electron chi connectivity index (χ2n) is 5.83. The minimum atomic E-state index is -0.196. The number of amides is 1. The molecule has 0 fully saturated rings. The van der Waals surface area contributed by atoms with Crippen LogP contribution in [0.15, 0.2) is 78.9 Å². The topological polar surface area (TPSA) is 47.6 Å². The van der Waals surface area contributed by atoms with Crippen molar-refractivity contribution in [2.45, 2.75) is 6.61 Å². The first-order valence-corrected chi connectivity index (χ1v) is 9.02. The number of carbonyl (C=O) groups is 1. The Bertz CT molecular complexity index is 866. The molecule has 27 heavy (non-hydrogen) atoms. The van der Waals surface area contributed by atoms with Gasteiger partial charge in [0.2, 0.25) is 0 Å². The van der Waals surface area contributed by atoms with Gasteiger partial charge < -0.3 is 14.8 Å². The van der Waals surface area contributed by atoms with E-state index in [1.165, 1.54) is 0 Å². The lowest BCUT2D eigenvalue weighted by molar-refractivity contribution is 0.0942. The molecule has 0 aliphatic carbocycles. The lowest BCUT2D eigenvalue weighted by Gasteiger charge is -2.12. The van der Waals surface area contributed by atoms with Gasteiger partial charge in [-0.3, -0.25) is 4.79 Å². The van der Waals surface area contributed by atoms with Crippen LogP contribution < -0.4 is 14.8 Å². The Morgan fingerprint density at radius 3 is 2.33 bits per heavy atom. The molecule has 3 rings (SSSR count). The summed E-state index contributed by atoms with van der Waals surface area (Å²) in [5, 5.41) is 3.50. The molecule has 1 N–H and O–H groups in total. The fraction of sp³-hybridized carbons (Fsp3) is 0.136. The Kier molecular flexibility index (Phi) is 6.72. The number of benzene rings is 3. The molecule has 0 bridgehead atoms. The van der Waals surface area contributed by atoms with Crippen molar-refractivity contribution < 1.29 is 14.3 Å². The van der Waals surface area contributed by atoms with Crippen LogP contribution >= 0.6 is 11.6 Å². The molecule has 0 aliphatic heterocycles. The van der Waals surface area contributed by atoms with Gasteiger partial charge in [-0.05, 0) is 42.0 Å². The largest absolute Gasteiger partial charge is 0.492 e. The molecule has 138 valence electrons. The van der Waals surface area contributed by atoms with E-state index in [2.05, 4.69) is 5.32 Å². The summed E-state index contributed by atoms with van der Waals surface area (Å²) in [6.45, 7) is 1.15. The lowest BCUT2D eigenvalue weighted by atomic mass is 10.2. The summed E-state index contributed by atoms with van der Waals surface area (Å²) in [5.74, 6) is 1.07. The molecule has 0 aliphatic rings. The minimum Gasteiger partial charge on any atom is -0.492 e. The number of ether oxygens (including phenoxy) is 2. The van der Waals surface area contributed by atoms with E-state index in [4.69, 9.17) is 21.1 Å². The maximum absolute atomic E-state index is 12.5. The molecule has 0 saturated heterocycles. The molecule has 0 atom stereocenters. The number of hydrogen-bond donors (Lipinski definition) is 1. The van der Waals surface area contributed by atoms with Crippen molar-refractivity contribution in [2.75, 3.05) is 13.2 Å². The zero-order valence-corrected chi connectivity index (χ0v) is 15.5. The van der Waals surface area contributed by atoms with Gasteiger partial charge in [-0.25, -0.2) is 0 Å². The highest BCUT2D eigenvalue weighted by Crippen LogP contribution is 2.19. The van der Waals surface area contributed by atoms with Crippen LogP contribution in [0.4, 0.5) is 0 Å². The molecule has 5 heteroatoms. The SMILES string of the molecule is O=C(NCCOc1ccc(Cl)cc1)c1ccccc1OCc1ccccc1. The first-order chi connectivity index (χ1) is 13.2. The Hall–Kier alpha value is -2.98. The van der Waals surface area contributed by atoms with Crippen LogP contribution in [0.2, 0.25) is 5.02 Å². The molecule has 0 saturated carbocycles. The quantitative estimate of drug-likeness (QED) is 0.574. The van der Waals surface area contributed by atoms with Crippen molar-refractivity contribution in [2.24, 2.45) is 0 Å². The van der Waals surface area contributed by atoms with E-state index >= 15 is 0 Å². The first-order valence-electron chi connectivity index (χ1n) is 8.65. The number of para-hydroxylation sites is 1. The van der Waals surface area contributed by atoms with Gasteiger partial charge in [0.15, 0.2) is 0 Å². The highest BCUT2D eigenvalue weighted by Gasteiger charge is 2.11. The average molecular weight is 382 g/mol. The van der Waals surface area contributed by atoms with Gasteiger partial charge in [-0.2, -0.15) is 0 Å². The molecule has 1 amide bonds. The third-order valence-corrected chi connectivity index (χ3v) is 4.09. The zero-order chi connectivity index (χ0) is 18.9. The van der Waals surface area contributed by atoms with E-state index in [9.17, 15) is 4.79 Å². The Morgan fingerprint density at radius 1 is 0.852 bits per heavy atom. The Labute approximate surface area is 163 Å². The van der Waals surface area contributed by atoms with Crippen LogP contribution in [0.3, 0.4) is 0 Å². The van der Waals surface area contributed by atoms with Gasteiger partial charge in [0, 0.05) is 5.02 Å². The Morgan fingerprint density at radius 2 is 1.56 bits per heavy atom. The van der Waals surface area contributed by atoms with E-state index < -0.39 is 0 Å². The van der Waals surface area contributed by atoms with Crippen LogP contribution in [0, 0.1) is 0 Å². The molecular formula is C22H20ClNO3. The van der Waals surface area contributed by atoms with Crippen LogP contribution in [-0.4, -0.2) is 19.1 Å². The molecule has 0 unspecified atom stereocenters. The van der Waals surface area contributed by atoms with E-state index in [1.54, 1.807) is 36.4 Å². The van der Waals surface area contributed by atoms with E-state index in [1.807, 2.05) is 42.5 Å².